The second-order valence-corrected chi connectivity index (χ2v) is 5.38. The summed E-state index contributed by atoms with van der Waals surface area (Å²) in [6.45, 7) is 2.28. The standard InChI is InChI=1S/C15H21N/c1-3-12(4-1)10-16-11-13-7-8-14-5-2-6-15(14)9-13/h7-9,12,16H,1-6,10-11H2. The summed E-state index contributed by atoms with van der Waals surface area (Å²) in [7, 11) is 0. The van der Waals surface area contributed by atoms with Crippen molar-refractivity contribution in [3.8, 4) is 0 Å². The number of hydrogen-bond acceptors (Lipinski definition) is 1. The predicted molar refractivity (Wildman–Crippen MR) is 67.5 cm³/mol. The SMILES string of the molecule is c1cc2c(cc1CNCC1CCC1)CCC2. The van der Waals surface area contributed by atoms with Gasteiger partial charge in [0.1, 0.15) is 0 Å². The Morgan fingerprint density at radius 2 is 1.94 bits per heavy atom. The molecule has 1 heteroatoms. The Bertz CT molecular complexity index is 366. The number of benzene rings is 1. The third-order valence-corrected chi connectivity index (χ3v) is 4.15. The molecular formula is C15H21N. The molecule has 0 heterocycles. The topological polar surface area (TPSA) is 12.0 Å². The lowest BCUT2D eigenvalue weighted by Crippen LogP contribution is -2.26. The van der Waals surface area contributed by atoms with Gasteiger partial charge in [0.15, 0.2) is 0 Å². The number of nitrogens with one attached hydrogen (secondary N) is 1. The minimum absolute atomic E-state index is 0.967. The molecule has 16 heavy (non-hydrogen) atoms. The first-order valence-electron chi connectivity index (χ1n) is 6.73. The molecule has 0 aliphatic heterocycles. The van der Waals surface area contributed by atoms with Gasteiger partial charge in [-0.15, -0.1) is 0 Å². The number of hydrogen-bond donors (Lipinski definition) is 1. The summed E-state index contributed by atoms with van der Waals surface area (Å²) in [5, 5.41) is 3.59. The van der Waals surface area contributed by atoms with Crippen molar-refractivity contribution in [1.82, 2.24) is 5.32 Å². The van der Waals surface area contributed by atoms with Crippen molar-refractivity contribution in [1.29, 1.82) is 0 Å². The largest absolute Gasteiger partial charge is 0.312 e. The van der Waals surface area contributed by atoms with Crippen LogP contribution in [0.2, 0.25) is 0 Å². The molecule has 1 fully saturated rings. The molecule has 0 amide bonds. The smallest absolute Gasteiger partial charge is 0.0205 e. The van der Waals surface area contributed by atoms with E-state index in [0.29, 0.717) is 0 Å². The number of rotatable bonds is 4. The predicted octanol–water partition coefficient (Wildman–Crippen LogP) is 3.07. The maximum atomic E-state index is 3.59. The van der Waals surface area contributed by atoms with Gasteiger partial charge >= 0.3 is 0 Å². The molecular weight excluding hydrogens is 194 g/mol. The van der Waals surface area contributed by atoms with Gasteiger partial charge in [-0.2, -0.15) is 0 Å². The van der Waals surface area contributed by atoms with Crippen LogP contribution in [0.4, 0.5) is 0 Å². The first kappa shape index (κ1) is 10.3. The Balaban J connectivity index is 1.53. The van der Waals surface area contributed by atoms with Gasteiger partial charge in [-0.05, 0) is 61.3 Å². The lowest BCUT2D eigenvalue weighted by molar-refractivity contribution is 0.301. The van der Waals surface area contributed by atoms with Crippen LogP contribution in [0.5, 0.6) is 0 Å². The number of aryl methyl sites for hydroxylation is 2. The molecule has 0 saturated heterocycles. The van der Waals surface area contributed by atoms with Crippen LogP contribution >= 0.6 is 0 Å². The Kier molecular flexibility index (Phi) is 2.96. The average molecular weight is 215 g/mol. The maximum Gasteiger partial charge on any atom is 0.0205 e. The second-order valence-electron chi connectivity index (χ2n) is 5.38. The molecule has 86 valence electrons. The summed E-state index contributed by atoms with van der Waals surface area (Å²) in [5.41, 5.74) is 4.66. The first-order chi connectivity index (χ1) is 7.92. The van der Waals surface area contributed by atoms with Gasteiger partial charge in [0, 0.05) is 6.54 Å². The molecule has 1 nitrogen and oxygen atoms in total. The van der Waals surface area contributed by atoms with Gasteiger partial charge in [0.2, 0.25) is 0 Å². The highest BCUT2D eigenvalue weighted by atomic mass is 14.9. The van der Waals surface area contributed by atoms with Crippen LogP contribution in [-0.2, 0) is 19.4 Å². The fraction of sp³-hybridized carbons (Fsp3) is 0.600. The van der Waals surface area contributed by atoms with E-state index in [-0.39, 0.29) is 0 Å². The molecule has 2 aliphatic rings. The van der Waals surface area contributed by atoms with Crippen LogP contribution < -0.4 is 5.32 Å². The third-order valence-electron chi connectivity index (χ3n) is 4.15. The minimum atomic E-state index is 0.967. The molecule has 1 N–H and O–H groups in total. The molecule has 0 unspecified atom stereocenters. The molecule has 0 spiro atoms. The quantitative estimate of drug-likeness (QED) is 0.814. The van der Waals surface area contributed by atoms with E-state index in [2.05, 4.69) is 23.5 Å². The summed E-state index contributed by atoms with van der Waals surface area (Å²) < 4.78 is 0. The second kappa shape index (κ2) is 4.58. The van der Waals surface area contributed by atoms with Gasteiger partial charge < -0.3 is 5.32 Å². The molecule has 1 aromatic carbocycles. The lowest BCUT2D eigenvalue weighted by atomic mass is 9.85. The summed E-state index contributed by atoms with van der Waals surface area (Å²) in [5.74, 6) is 0.967. The van der Waals surface area contributed by atoms with E-state index in [0.717, 1.165) is 12.5 Å². The molecule has 0 bridgehead atoms. The molecule has 1 saturated carbocycles. The zero-order valence-electron chi connectivity index (χ0n) is 9.97. The zero-order valence-corrected chi connectivity index (χ0v) is 9.97. The fourth-order valence-corrected chi connectivity index (χ4v) is 2.85. The normalized spacial score (nSPS) is 19.5. The van der Waals surface area contributed by atoms with Gasteiger partial charge in [-0.25, -0.2) is 0 Å². The summed E-state index contributed by atoms with van der Waals surface area (Å²) in [6.07, 6.45) is 8.28. The summed E-state index contributed by atoms with van der Waals surface area (Å²) in [4.78, 5) is 0. The van der Waals surface area contributed by atoms with Crippen molar-refractivity contribution in [3.05, 3.63) is 34.9 Å². The first-order valence-corrected chi connectivity index (χ1v) is 6.73. The van der Waals surface area contributed by atoms with Gasteiger partial charge in [0.05, 0.1) is 0 Å². The van der Waals surface area contributed by atoms with Crippen LogP contribution in [-0.4, -0.2) is 6.54 Å². The maximum absolute atomic E-state index is 3.59. The summed E-state index contributed by atoms with van der Waals surface area (Å²) >= 11 is 0. The Morgan fingerprint density at radius 3 is 2.75 bits per heavy atom. The zero-order chi connectivity index (χ0) is 10.8. The highest BCUT2D eigenvalue weighted by molar-refractivity contribution is 5.35. The van der Waals surface area contributed by atoms with E-state index in [4.69, 9.17) is 0 Å². The van der Waals surface area contributed by atoms with E-state index in [1.807, 2.05) is 0 Å². The van der Waals surface area contributed by atoms with Crippen LogP contribution in [0.15, 0.2) is 18.2 Å². The molecule has 2 aliphatic carbocycles. The molecule has 0 radical (unpaired) electrons. The van der Waals surface area contributed by atoms with E-state index in [1.54, 1.807) is 11.1 Å². The molecule has 3 rings (SSSR count). The Labute approximate surface area is 98.3 Å². The van der Waals surface area contributed by atoms with Crippen molar-refractivity contribution in [2.24, 2.45) is 5.92 Å². The molecule has 1 aromatic rings. The van der Waals surface area contributed by atoms with E-state index >= 15 is 0 Å². The highest BCUT2D eigenvalue weighted by Crippen LogP contribution is 2.25. The Morgan fingerprint density at radius 1 is 1.06 bits per heavy atom. The van der Waals surface area contributed by atoms with Crippen LogP contribution in [0.1, 0.15) is 42.4 Å². The van der Waals surface area contributed by atoms with Crippen LogP contribution in [0.25, 0.3) is 0 Å². The summed E-state index contributed by atoms with van der Waals surface area (Å²) in [6, 6.07) is 7.05. The highest BCUT2D eigenvalue weighted by Gasteiger charge is 2.16. The monoisotopic (exact) mass is 215 g/mol. The van der Waals surface area contributed by atoms with Crippen LogP contribution in [0.3, 0.4) is 0 Å². The van der Waals surface area contributed by atoms with E-state index in [1.165, 1.54) is 50.6 Å². The minimum Gasteiger partial charge on any atom is -0.312 e. The van der Waals surface area contributed by atoms with Crippen molar-refractivity contribution >= 4 is 0 Å². The average Bonchev–Trinajstić information content (AvgIpc) is 2.68. The van der Waals surface area contributed by atoms with E-state index < -0.39 is 0 Å². The van der Waals surface area contributed by atoms with Gasteiger partial charge in [-0.3, -0.25) is 0 Å². The Hall–Kier alpha value is -0.820. The third kappa shape index (κ3) is 2.15. The molecule has 0 atom stereocenters. The van der Waals surface area contributed by atoms with Crippen molar-refractivity contribution < 1.29 is 0 Å². The lowest BCUT2D eigenvalue weighted by Gasteiger charge is -2.25. The van der Waals surface area contributed by atoms with E-state index in [9.17, 15) is 0 Å². The van der Waals surface area contributed by atoms with Crippen molar-refractivity contribution in [2.75, 3.05) is 6.54 Å². The fourth-order valence-electron chi connectivity index (χ4n) is 2.85. The van der Waals surface area contributed by atoms with Crippen molar-refractivity contribution in [3.63, 3.8) is 0 Å². The van der Waals surface area contributed by atoms with Crippen LogP contribution in [0, 0.1) is 5.92 Å². The number of fused-ring (bicyclic) bond motifs is 1. The van der Waals surface area contributed by atoms with Crippen molar-refractivity contribution in [2.45, 2.75) is 45.1 Å². The molecule has 0 aromatic heterocycles. The van der Waals surface area contributed by atoms with Gasteiger partial charge in [-0.1, -0.05) is 24.6 Å². The van der Waals surface area contributed by atoms with Gasteiger partial charge in [0.25, 0.3) is 0 Å².